The van der Waals surface area contributed by atoms with Crippen molar-refractivity contribution in [3.05, 3.63) is 0 Å². The first-order valence-corrected chi connectivity index (χ1v) is 5.35. The number of aliphatic hydroxyl groups is 1. The Morgan fingerprint density at radius 3 is 2.75 bits per heavy atom. The molecule has 2 unspecified atom stereocenters. The van der Waals surface area contributed by atoms with Gasteiger partial charge in [-0.1, -0.05) is 6.92 Å². The lowest BCUT2D eigenvalue weighted by Gasteiger charge is -2.18. The smallest absolute Gasteiger partial charge is 0.328 e. The largest absolute Gasteiger partial charge is 0.480 e. The van der Waals surface area contributed by atoms with Crippen molar-refractivity contribution in [1.29, 1.82) is 0 Å². The fraction of sp³-hybridized carbons (Fsp3) is 0.800. The number of aliphatic hydroxyl groups excluding tert-OH is 1. The molecule has 3 atom stereocenters. The Morgan fingerprint density at radius 1 is 1.56 bits per heavy atom. The highest BCUT2D eigenvalue weighted by Gasteiger charge is 2.34. The second-order valence-electron chi connectivity index (χ2n) is 3.79. The predicted octanol–water partition coefficient (Wildman–Crippen LogP) is -0.637. The fourth-order valence-electron chi connectivity index (χ4n) is 1.81. The van der Waals surface area contributed by atoms with Crippen LogP contribution in [0.3, 0.4) is 0 Å². The molecule has 1 amide bonds. The summed E-state index contributed by atoms with van der Waals surface area (Å²) in [6.07, 6.45) is 1.17. The van der Waals surface area contributed by atoms with E-state index in [1.807, 2.05) is 6.92 Å². The summed E-state index contributed by atoms with van der Waals surface area (Å²) < 4.78 is 5.34. The molecule has 1 saturated heterocycles. The number of nitrogens with one attached hydrogen (secondary N) is 1. The zero-order valence-corrected chi connectivity index (χ0v) is 9.18. The molecule has 6 nitrogen and oxygen atoms in total. The van der Waals surface area contributed by atoms with Crippen molar-refractivity contribution >= 4 is 11.9 Å². The lowest BCUT2D eigenvalue weighted by molar-refractivity contribution is -0.144. The number of hydrogen-bond donors (Lipinski definition) is 3. The highest BCUT2D eigenvalue weighted by atomic mass is 16.5. The van der Waals surface area contributed by atoms with Crippen LogP contribution in [-0.2, 0) is 14.3 Å². The van der Waals surface area contributed by atoms with E-state index in [0.29, 0.717) is 13.0 Å². The summed E-state index contributed by atoms with van der Waals surface area (Å²) in [5.41, 5.74) is 0. The zero-order chi connectivity index (χ0) is 12.1. The summed E-state index contributed by atoms with van der Waals surface area (Å²) in [5.74, 6) is -1.90. The van der Waals surface area contributed by atoms with Crippen LogP contribution in [0.1, 0.15) is 19.8 Å². The highest BCUT2D eigenvalue weighted by Crippen LogP contribution is 2.23. The van der Waals surface area contributed by atoms with E-state index >= 15 is 0 Å². The van der Waals surface area contributed by atoms with Gasteiger partial charge in [-0.05, 0) is 12.8 Å². The summed E-state index contributed by atoms with van der Waals surface area (Å²) in [6.45, 7) is 1.83. The Balaban J connectivity index is 2.54. The molecule has 0 spiro atoms. The zero-order valence-electron chi connectivity index (χ0n) is 9.18. The van der Waals surface area contributed by atoms with Gasteiger partial charge in [-0.25, -0.2) is 4.79 Å². The molecular weight excluding hydrogens is 214 g/mol. The first kappa shape index (κ1) is 12.9. The van der Waals surface area contributed by atoms with E-state index in [1.54, 1.807) is 0 Å². The second-order valence-corrected chi connectivity index (χ2v) is 3.79. The van der Waals surface area contributed by atoms with Gasteiger partial charge in [0.1, 0.15) is 6.04 Å². The maximum Gasteiger partial charge on any atom is 0.328 e. The van der Waals surface area contributed by atoms with Crippen molar-refractivity contribution in [3.63, 3.8) is 0 Å². The summed E-state index contributed by atoms with van der Waals surface area (Å²) >= 11 is 0. The van der Waals surface area contributed by atoms with Crippen LogP contribution in [0.5, 0.6) is 0 Å². The van der Waals surface area contributed by atoms with Crippen molar-refractivity contribution in [2.24, 2.45) is 5.92 Å². The molecule has 1 heterocycles. The Kier molecular flexibility index (Phi) is 4.70. The molecule has 1 aliphatic heterocycles. The normalized spacial score (nSPS) is 26.4. The third-order valence-electron chi connectivity index (χ3n) is 2.75. The third kappa shape index (κ3) is 2.93. The van der Waals surface area contributed by atoms with Gasteiger partial charge in [-0.2, -0.15) is 0 Å². The number of aliphatic carboxylic acids is 1. The number of carboxylic acid groups (broad SMARTS) is 1. The molecule has 16 heavy (non-hydrogen) atoms. The maximum atomic E-state index is 11.7. The average molecular weight is 231 g/mol. The second kappa shape index (κ2) is 5.81. The minimum atomic E-state index is -1.23. The fourth-order valence-corrected chi connectivity index (χ4v) is 1.81. The first-order valence-electron chi connectivity index (χ1n) is 5.35. The number of amides is 1. The van der Waals surface area contributed by atoms with Gasteiger partial charge in [0.15, 0.2) is 0 Å². The number of carboxylic acids is 1. The summed E-state index contributed by atoms with van der Waals surface area (Å²) in [7, 11) is 0. The molecule has 1 rings (SSSR count). The van der Waals surface area contributed by atoms with E-state index in [0.717, 1.165) is 6.42 Å². The SMILES string of the molecule is CCC1OCCC1C(=O)N[C@@H](CO)C(=O)O. The maximum absolute atomic E-state index is 11.7. The van der Waals surface area contributed by atoms with Crippen molar-refractivity contribution in [3.8, 4) is 0 Å². The number of carbonyl (C=O) groups excluding carboxylic acids is 1. The van der Waals surface area contributed by atoms with Gasteiger partial charge in [-0.3, -0.25) is 4.79 Å². The van der Waals surface area contributed by atoms with Crippen LogP contribution in [-0.4, -0.2) is 47.4 Å². The van der Waals surface area contributed by atoms with Crippen LogP contribution >= 0.6 is 0 Å². The Labute approximate surface area is 93.6 Å². The Hall–Kier alpha value is -1.14. The monoisotopic (exact) mass is 231 g/mol. The van der Waals surface area contributed by atoms with Gasteiger partial charge in [0.25, 0.3) is 0 Å². The van der Waals surface area contributed by atoms with Crippen LogP contribution in [0.15, 0.2) is 0 Å². The summed E-state index contributed by atoms with van der Waals surface area (Å²) in [4.78, 5) is 22.3. The Morgan fingerprint density at radius 2 is 2.25 bits per heavy atom. The van der Waals surface area contributed by atoms with Crippen molar-refractivity contribution in [2.45, 2.75) is 31.9 Å². The van der Waals surface area contributed by atoms with E-state index in [1.165, 1.54) is 0 Å². The van der Waals surface area contributed by atoms with E-state index < -0.39 is 18.6 Å². The molecule has 1 aliphatic rings. The van der Waals surface area contributed by atoms with Crippen LogP contribution < -0.4 is 5.32 Å². The molecule has 0 aromatic heterocycles. The van der Waals surface area contributed by atoms with Gasteiger partial charge in [0.05, 0.1) is 18.6 Å². The molecular formula is C10H17NO5. The topological polar surface area (TPSA) is 95.9 Å². The molecule has 6 heteroatoms. The summed E-state index contributed by atoms with van der Waals surface area (Å²) in [5, 5.41) is 19.8. The van der Waals surface area contributed by atoms with Gasteiger partial charge >= 0.3 is 5.97 Å². The van der Waals surface area contributed by atoms with E-state index in [2.05, 4.69) is 5.32 Å². The molecule has 92 valence electrons. The quantitative estimate of drug-likeness (QED) is 0.585. The average Bonchev–Trinajstić information content (AvgIpc) is 2.72. The first-order chi connectivity index (χ1) is 7.60. The van der Waals surface area contributed by atoms with Crippen molar-refractivity contribution < 1.29 is 24.5 Å². The standard InChI is InChI=1S/C10H17NO5/c1-2-8-6(3-4-16-8)9(13)11-7(5-12)10(14)15/h6-8,12H,2-5H2,1H3,(H,11,13)(H,14,15)/t6?,7-,8?/m0/s1. The lowest BCUT2D eigenvalue weighted by atomic mass is 9.98. The molecule has 3 N–H and O–H groups in total. The van der Waals surface area contributed by atoms with Crippen LogP contribution in [0.4, 0.5) is 0 Å². The van der Waals surface area contributed by atoms with Gasteiger partial charge in [0.2, 0.25) is 5.91 Å². The lowest BCUT2D eigenvalue weighted by Crippen LogP contribution is -2.47. The molecule has 0 aromatic carbocycles. The third-order valence-corrected chi connectivity index (χ3v) is 2.75. The van der Waals surface area contributed by atoms with Gasteiger partial charge < -0.3 is 20.3 Å². The Bertz CT molecular complexity index is 268. The molecule has 0 aliphatic carbocycles. The van der Waals surface area contributed by atoms with E-state index in [4.69, 9.17) is 14.9 Å². The molecule has 0 radical (unpaired) electrons. The molecule has 0 bridgehead atoms. The minimum Gasteiger partial charge on any atom is -0.480 e. The van der Waals surface area contributed by atoms with Crippen LogP contribution in [0, 0.1) is 5.92 Å². The van der Waals surface area contributed by atoms with Crippen molar-refractivity contribution in [2.75, 3.05) is 13.2 Å². The van der Waals surface area contributed by atoms with E-state index in [-0.39, 0.29) is 17.9 Å². The number of ether oxygens (including phenoxy) is 1. The number of hydrogen-bond acceptors (Lipinski definition) is 4. The van der Waals surface area contributed by atoms with E-state index in [9.17, 15) is 9.59 Å². The van der Waals surface area contributed by atoms with Crippen LogP contribution in [0.2, 0.25) is 0 Å². The minimum absolute atomic E-state index is 0.145. The molecule has 0 aromatic rings. The number of rotatable bonds is 5. The summed E-state index contributed by atoms with van der Waals surface area (Å²) in [6, 6.07) is -1.23. The highest BCUT2D eigenvalue weighted by molar-refractivity contribution is 5.85. The van der Waals surface area contributed by atoms with Gasteiger partial charge in [-0.15, -0.1) is 0 Å². The molecule has 0 saturated carbocycles. The van der Waals surface area contributed by atoms with Crippen LogP contribution in [0.25, 0.3) is 0 Å². The van der Waals surface area contributed by atoms with Crippen molar-refractivity contribution in [1.82, 2.24) is 5.32 Å². The van der Waals surface area contributed by atoms with Gasteiger partial charge in [0, 0.05) is 6.61 Å². The number of carbonyl (C=O) groups is 2. The predicted molar refractivity (Wildman–Crippen MR) is 54.8 cm³/mol. The molecule has 1 fully saturated rings.